The summed E-state index contributed by atoms with van der Waals surface area (Å²) in [5, 5.41) is 11.3. The number of aromatic carboxylic acids is 1. The lowest BCUT2D eigenvalue weighted by molar-refractivity contribution is -0.112. The number of H-pyrrole nitrogens is 1. The van der Waals surface area contributed by atoms with Crippen LogP contribution in [-0.2, 0) is 4.79 Å². The Kier molecular flexibility index (Phi) is 3.31. The van der Waals surface area contributed by atoms with E-state index in [0.717, 1.165) is 0 Å². The second kappa shape index (κ2) is 4.31. The topological polar surface area (TPSA) is 82.2 Å². The molecule has 6 heteroatoms. The molecule has 1 aromatic heterocycles. The van der Waals surface area contributed by atoms with Crippen molar-refractivity contribution in [3.63, 3.8) is 0 Å². The predicted molar refractivity (Wildman–Crippen MR) is 59.2 cm³/mol. The number of carboxylic acid groups (broad SMARTS) is 1. The SMILES string of the molecule is C=C(Br)C(=O)Nc1c[nH]c(C(=O)O)c1C. The van der Waals surface area contributed by atoms with E-state index in [1.54, 1.807) is 6.92 Å². The van der Waals surface area contributed by atoms with Crippen molar-refractivity contribution in [3.8, 4) is 0 Å². The van der Waals surface area contributed by atoms with Gasteiger partial charge in [0.2, 0.25) is 0 Å². The second-order valence-corrected chi connectivity index (χ2v) is 3.82. The van der Waals surface area contributed by atoms with Crippen molar-refractivity contribution in [3.05, 3.63) is 28.5 Å². The van der Waals surface area contributed by atoms with Crippen LogP contribution in [0.5, 0.6) is 0 Å². The van der Waals surface area contributed by atoms with E-state index < -0.39 is 11.9 Å². The summed E-state index contributed by atoms with van der Waals surface area (Å²) in [6.07, 6.45) is 1.42. The zero-order valence-corrected chi connectivity index (χ0v) is 9.51. The van der Waals surface area contributed by atoms with Crippen molar-refractivity contribution in [2.75, 3.05) is 5.32 Å². The molecule has 0 saturated heterocycles. The second-order valence-electron chi connectivity index (χ2n) is 2.87. The highest BCUT2D eigenvalue weighted by molar-refractivity contribution is 9.12. The van der Waals surface area contributed by atoms with Crippen LogP contribution in [0, 0.1) is 6.92 Å². The summed E-state index contributed by atoms with van der Waals surface area (Å²) in [5.74, 6) is -1.47. The van der Waals surface area contributed by atoms with E-state index in [9.17, 15) is 9.59 Å². The van der Waals surface area contributed by atoms with Gasteiger partial charge in [-0.15, -0.1) is 0 Å². The third kappa shape index (κ3) is 2.47. The first-order valence-corrected chi connectivity index (χ1v) is 4.79. The van der Waals surface area contributed by atoms with E-state index in [-0.39, 0.29) is 10.2 Å². The van der Waals surface area contributed by atoms with E-state index in [1.807, 2.05) is 0 Å². The zero-order chi connectivity index (χ0) is 11.6. The van der Waals surface area contributed by atoms with Crippen LogP contribution in [0.3, 0.4) is 0 Å². The summed E-state index contributed by atoms with van der Waals surface area (Å²) in [6, 6.07) is 0. The standard InChI is InChI=1S/C9H9BrN2O3/c1-4-6(12-8(13)5(2)10)3-11-7(4)9(14)15/h3,11H,2H2,1H3,(H,12,13)(H,14,15). The first-order chi connectivity index (χ1) is 6.93. The average Bonchev–Trinajstić information content (AvgIpc) is 2.48. The Morgan fingerprint density at radius 2 is 2.20 bits per heavy atom. The zero-order valence-electron chi connectivity index (χ0n) is 7.93. The van der Waals surface area contributed by atoms with E-state index in [0.29, 0.717) is 11.3 Å². The molecule has 0 unspecified atom stereocenters. The molecular weight excluding hydrogens is 264 g/mol. The molecule has 1 aromatic rings. The molecule has 0 aliphatic heterocycles. The number of carbonyl (C=O) groups excluding carboxylic acids is 1. The minimum Gasteiger partial charge on any atom is -0.477 e. The Bertz CT molecular complexity index is 437. The molecule has 0 bridgehead atoms. The Morgan fingerprint density at radius 1 is 1.60 bits per heavy atom. The van der Waals surface area contributed by atoms with Gasteiger partial charge in [0.15, 0.2) is 0 Å². The van der Waals surface area contributed by atoms with Crippen LogP contribution in [0.4, 0.5) is 5.69 Å². The van der Waals surface area contributed by atoms with Crippen molar-refractivity contribution < 1.29 is 14.7 Å². The minimum atomic E-state index is -1.06. The number of rotatable bonds is 3. The molecular formula is C9H9BrN2O3. The van der Waals surface area contributed by atoms with Gasteiger partial charge >= 0.3 is 5.97 Å². The molecule has 3 N–H and O–H groups in total. The minimum absolute atomic E-state index is 0.0606. The van der Waals surface area contributed by atoms with Crippen LogP contribution in [0.2, 0.25) is 0 Å². The van der Waals surface area contributed by atoms with Gasteiger partial charge < -0.3 is 15.4 Å². The number of hydrogen-bond acceptors (Lipinski definition) is 2. The lowest BCUT2D eigenvalue weighted by Gasteiger charge is -2.02. The van der Waals surface area contributed by atoms with Crippen LogP contribution in [0.15, 0.2) is 17.3 Å². The summed E-state index contributed by atoms with van der Waals surface area (Å²) in [6.45, 7) is 5.00. The molecule has 0 fully saturated rings. The van der Waals surface area contributed by atoms with Crippen molar-refractivity contribution in [2.24, 2.45) is 0 Å². The van der Waals surface area contributed by atoms with Crippen molar-refractivity contribution in [1.82, 2.24) is 4.98 Å². The van der Waals surface area contributed by atoms with Gasteiger partial charge in [0.1, 0.15) is 5.69 Å². The first kappa shape index (κ1) is 11.5. The van der Waals surface area contributed by atoms with Crippen molar-refractivity contribution >= 4 is 33.5 Å². The molecule has 15 heavy (non-hydrogen) atoms. The van der Waals surface area contributed by atoms with Gasteiger partial charge in [0.05, 0.1) is 10.2 Å². The predicted octanol–water partition coefficient (Wildman–Crippen LogP) is 1.87. The molecule has 5 nitrogen and oxygen atoms in total. The summed E-state index contributed by atoms with van der Waals surface area (Å²) in [7, 11) is 0. The molecule has 0 aliphatic carbocycles. The molecule has 0 aliphatic rings. The maximum Gasteiger partial charge on any atom is 0.352 e. The van der Waals surface area contributed by atoms with Crippen LogP contribution in [0.1, 0.15) is 16.1 Å². The number of carboxylic acids is 1. The van der Waals surface area contributed by atoms with Gasteiger partial charge in [-0.3, -0.25) is 4.79 Å². The molecule has 80 valence electrons. The van der Waals surface area contributed by atoms with Gasteiger partial charge in [0, 0.05) is 11.8 Å². The number of nitrogens with one attached hydrogen (secondary N) is 2. The Morgan fingerprint density at radius 3 is 2.60 bits per heavy atom. The quantitative estimate of drug-likeness (QED) is 0.735. The number of anilines is 1. The molecule has 0 spiro atoms. The fraction of sp³-hybridized carbons (Fsp3) is 0.111. The number of aromatic nitrogens is 1. The van der Waals surface area contributed by atoms with Crippen LogP contribution < -0.4 is 5.32 Å². The first-order valence-electron chi connectivity index (χ1n) is 4.00. The summed E-state index contributed by atoms with van der Waals surface area (Å²) in [4.78, 5) is 24.5. The highest BCUT2D eigenvalue weighted by Crippen LogP contribution is 2.19. The molecule has 1 heterocycles. The number of carbonyl (C=O) groups is 2. The molecule has 0 saturated carbocycles. The monoisotopic (exact) mass is 272 g/mol. The van der Waals surface area contributed by atoms with Crippen LogP contribution in [0.25, 0.3) is 0 Å². The number of amides is 1. The van der Waals surface area contributed by atoms with E-state index in [2.05, 4.69) is 32.8 Å². The molecule has 0 aromatic carbocycles. The smallest absolute Gasteiger partial charge is 0.352 e. The largest absolute Gasteiger partial charge is 0.477 e. The average molecular weight is 273 g/mol. The number of hydrogen-bond donors (Lipinski definition) is 3. The van der Waals surface area contributed by atoms with Gasteiger partial charge in [0.25, 0.3) is 5.91 Å². The Hall–Kier alpha value is -1.56. The van der Waals surface area contributed by atoms with E-state index in [4.69, 9.17) is 5.11 Å². The highest BCUT2D eigenvalue weighted by atomic mass is 79.9. The lowest BCUT2D eigenvalue weighted by atomic mass is 10.2. The summed E-state index contributed by atoms with van der Waals surface area (Å²) in [5.41, 5.74) is 0.966. The summed E-state index contributed by atoms with van der Waals surface area (Å²) < 4.78 is 0.181. The Balaban J connectivity index is 2.93. The van der Waals surface area contributed by atoms with Gasteiger partial charge in [-0.2, -0.15) is 0 Å². The maximum absolute atomic E-state index is 11.2. The fourth-order valence-electron chi connectivity index (χ4n) is 1.04. The van der Waals surface area contributed by atoms with Gasteiger partial charge in [-0.1, -0.05) is 6.58 Å². The Labute approximate surface area is 94.3 Å². The summed E-state index contributed by atoms with van der Waals surface area (Å²) >= 11 is 2.92. The van der Waals surface area contributed by atoms with E-state index in [1.165, 1.54) is 6.20 Å². The van der Waals surface area contributed by atoms with Crippen LogP contribution >= 0.6 is 15.9 Å². The third-order valence-electron chi connectivity index (χ3n) is 1.85. The van der Waals surface area contributed by atoms with Crippen LogP contribution in [-0.4, -0.2) is 22.0 Å². The molecule has 1 rings (SSSR count). The van der Waals surface area contributed by atoms with Gasteiger partial charge in [-0.05, 0) is 22.9 Å². The lowest BCUT2D eigenvalue weighted by Crippen LogP contribution is -2.11. The normalized spacial score (nSPS) is 9.73. The van der Waals surface area contributed by atoms with E-state index >= 15 is 0 Å². The molecule has 1 amide bonds. The van der Waals surface area contributed by atoms with Gasteiger partial charge in [-0.25, -0.2) is 4.79 Å². The fourth-order valence-corrected chi connectivity index (χ4v) is 1.14. The third-order valence-corrected chi connectivity index (χ3v) is 2.21. The van der Waals surface area contributed by atoms with Crippen molar-refractivity contribution in [1.29, 1.82) is 0 Å². The number of halogens is 1. The molecule has 0 radical (unpaired) electrons. The number of aromatic amines is 1. The maximum atomic E-state index is 11.2. The molecule has 0 atom stereocenters. The van der Waals surface area contributed by atoms with Crippen molar-refractivity contribution in [2.45, 2.75) is 6.92 Å². The highest BCUT2D eigenvalue weighted by Gasteiger charge is 2.14.